The highest BCUT2D eigenvalue weighted by molar-refractivity contribution is 5.41. The Morgan fingerprint density at radius 2 is 1.26 bits per heavy atom. The van der Waals surface area contributed by atoms with Crippen LogP contribution in [0.2, 0.25) is 0 Å². The number of benzene rings is 1. The van der Waals surface area contributed by atoms with Crippen molar-refractivity contribution < 1.29 is 5.11 Å². The van der Waals surface area contributed by atoms with Crippen LogP contribution in [-0.2, 0) is 0 Å². The first-order chi connectivity index (χ1) is 11.1. The summed E-state index contributed by atoms with van der Waals surface area (Å²) < 4.78 is 0.554. The molecule has 1 unspecified atom stereocenters. The molecule has 0 bridgehead atoms. The summed E-state index contributed by atoms with van der Waals surface area (Å²) in [5.74, 6) is 0. The molecule has 0 spiro atoms. The molecule has 0 saturated carbocycles. The third kappa shape index (κ3) is 7.99. The number of nitrogens with zero attached hydrogens (tertiary/aromatic N) is 1. The van der Waals surface area contributed by atoms with Crippen molar-refractivity contribution in [3.63, 3.8) is 0 Å². The van der Waals surface area contributed by atoms with Crippen LogP contribution in [0.3, 0.4) is 0 Å². The second-order valence-corrected chi connectivity index (χ2v) is 7.33. The Morgan fingerprint density at radius 3 is 1.78 bits per heavy atom. The number of hydrogen-bond donors (Lipinski definition) is 1. The fourth-order valence-electron chi connectivity index (χ4n) is 3.12. The first-order valence-corrected chi connectivity index (χ1v) is 9.66. The van der Waals surface area contributed by atoms with E-state index in [2.05, 4.69) is 33.2 Å². The second-order valence-electron chi connectivity index (χ2n) is 7.33. The molecule has 0 aliphatic rings. The van der Waals surface area contributed by atoms with Crippen molar-refractivity contribution in [3.8, 4) is 0 Å². The van der Waals surface area contributed by atoms with Crippen molar-refractivity contribution in [2.75, 3.05) is 14.1 Å². The van der Waals surface area contributed by atoms with Crippen molar-refractivity contribution in [1.82, 2.24) is 4.48 Å². The molecule has 1 aromatic carbocycles. The summed E-state index contributed by atoms with van der Waals surface area (Å²) in [4.78, 5) is 0. The summed E-state index contributed by atoms with van der Waals surface area (Å²) in [6.45, 7) is 2.27. The predicted molar refractivity (Wildman–Crippen MR) is 103 cm³/mol. The number of unbranched alkanes of at least 4 members (excludes halogenated alkanes) is 9. The Kier molecular flexibility index (Phi) is 10.2. The number of para-hydroxylation sites is 1. The molecule has 0 amide bonds. The third-order valence-corrected chi connectivity index (χ3v) is 4.98. The van der Waals surface area contributed by atoms with Crippen LogP contribution in [0.1, 0.15) is 77.6 Å². The highest BCUT2D eigenvalue weighted by Crippen LogP contribution is 2.23. The van der Waals surface area contributed by atoms with Crippen molar-refractivity contribution in [2.24, 2.45) is 0 Å². The van der Waals surface area contributed by atoms with Crippen LogP contribution in [0.25, 0.3) is 0 Å². The van der Waals surface area contributed by atoms with Gasteiger partial charge in [-0.3, -0.25) is 4.48 Å². The van der Waals surface area contributed by atoms with Crippen LogP contribution in [0.4, 0.5) is 5.69 Å². The molecule has 0 saturated heterocycles. The largest absolute Gasteiger partial charge is 0.344 e. The van der Waals surface area contributed by atoms with E-state index in [0.29, 0.717) is 4.48 Å². The first-order valence-electron chi connectivity index (χ1n) is 9.66. The SMILES string of the molecule is CCCCCCCCCCCCC(O)[N+](C)(C)c1ccccc1. The van der Waals surface area contributed by atoms with E-state index in [9.17, 15) is 5.11 Å². The molecule has 23 heavy (non-hydrogen) atoms. The minimum absolute atomic E-state index is 0.313. The van der Waals surface area contributed by atoms with Gasteiger partial charge in [-0.15, -0.1) is 0 Å². The Balaban J connectivity index is 2.09. The van der Waals surface area contributed by atoms with Crippen molar-refractivity contribution in [2.45, 2.75) is 83.8 Å². The van der Waals surface area contributed by atoms with Crippen LogP contribution in [0, 0.1) is 0 Å². The average molecular weight is 321 g/mol. The smallest absolute Gasteiger partial charge is 0.194 e. The van der Waals surface area contributed by atoms with Gasteiger partial charge in [0.15, 0.2) is 6.23 Å². The van der Waals surface area contributed by atoms with Gasteiger partial charge in [-0.1, -0.05) is 82.9 Å². The standard InChI is InChI=1S/C21H38NO/c1-4-5-6-7-8-9-10-11-12-16-19-21(23)22(2,3)20-17-14-13-15-18-20/h13-15,17-18,21,23H,4-12,16,19H2,1-3H3/q+1. The highest BCUT2D eigenvalue weighted by atomic mass is 16.3. The maximum absolute atomic E-state index is 10.5. The number of aliphatic hydroxyl groups excluding tert-OH is 1. The quantitative estimate of drug-likeness (QED) is 0.273. The summed E-state index contributed by atoms with van der Waals surface area (Å²) in [6, 6.07) is 10.3. The molecule has 132 valence electrons. The Bertz CT molecular complexity index is 388. The van der Waals surface area contributed by atoms with Crippen LogP contribution >= 0.6 is 0 Å². The van der Waals surface area contributed by atoms with Crippen molar-refractivity contribution in [1.29, 1.82) is 0 Å². The molecular formula is C21H38NO+. The van der Waals surface area contributed by atoms with Crippen LogP contribution in [0.5, 0.6) is 0 Å². The maximum Gasteiger partial charge on any atom is 0.194 e. The van der Waals surface area contributed by atoms with Crippen molar-refractivity contribution >= 4 is 5.69 Å². The van der Waals surface area contributed by atoms with Crippen molar-refractivity contribution in [3.05, 3.63) is 30.3 Å². The Hall–Kier alpha value is -0.860. The van der Waals surface area contributed by atoms with E-state index in [1.807, 2.05) is 18.2 Å². The lowest BCUT2D eigenvalue weighted by atomic mass is 10.1. The Labute approximate surface area is 144 Å². The zero-order valence-electron chi connectivity index (χ0n) is 15.6. The molecule has 1 N–H and O–H groups in total. The summed E-state index contributed by atoms with van der Waals surface area (Å²) in [5.41, 5.74) is 1.17. The predicted octanol–water partition coefficient (Wildman–Crippen LogP) is 5.88. The van der Waals surface area contributed by atoms with Gasteiger partial charge in [-0.05, 0) is 18.6 Å². The van der Waals surface area contributed by atoms with Crippen LogP contribution < -0.4 is 4.48 Å². The van der Waals surface area contributed by atoms with Gasteiger partial charge >= 0.3 is 0 Å². The van der Waals surface area contributed by atoms with Gasteiger partial charge in [-0.2, -0.15) is 0 Å². The molecule has 0 fully saturated rings. The van der Waals surface area contributed by atoms with Gasteiger partial charge in [0.25, 0.3) is 0 Å². The number of aliphatic hydroxyl groups is 1. The topological polar surface area (TPSA) is 20.2 Å². The molecule has 0 aromatic heterocycles. The number of quaternary nitrogens is 1. The van der Waals surface area contributed by atoms with Gasteiger partial charge in [0.05, 0.1) is 14.1 Å². The summed E-state index contributed by atoms with van der Waals surface area (Å²) in [5, 5.41) is 10.5. The Morgan fingerprint density at radius 1 is 0.783 bits per heavy atom. The molecule has 2 heteroatoms. The van der Waals surface area contributed by atoms with E-state index in [0.717, 1.165) is 12.8 Å². The lowest BCUT2D eigenvalue weighted by Crippen LogP contribution is -2.49. The molecule has 0 heterocycles. The second kappa shape index (κ2) is 11.6. The van der Waals surface area contributed by atoms with Gasteiger partial charge in [-0.25, -0.2) is 0 Å². The molecule has 1 rings (SSSR count). The summed E-state index contributed by atoms with van der Waals surface area (Å²) in [7, 11) is 4.19. The fourth-order valence-corrected chi connectivity index (χ4v) is 3.12. The monoisotopic (exact) mass is 320 g/mol. The molecule has 0 aliphatic heterocycles. The van der Waals surface area contributed by atoms with E-state index in [1.165, 1.54) is 63.5 Å². The lowest BCUT2D eigenvalue weighted by Gasteiger charge is -2.34. The number of rotatable bonds is 13. The third-order valence-electron chi connectivity index (χ3n) is 4.98. The average Bonchev–Trinajstić information content (AvgIpc) is 2.57. The molecule has 1 atom stereocenters. The van der Waals surface area contributed by atoms with E-state index < -0.39 is 0 Å². The molecular weight excluding hydrogens is 282 g/mol. The summed E-state index contributed by atoms with van der Waals surface area (Å²) in [6.07, 6.45) is 14.0. The number of hydrogen-bond acceptors (Lipinski definition) is 1. The van der Waals surface area contributed by atoms with E-state index in [1.54, 1.807) is 0 Å². The van der Waals surface area contributed by atoms with Gasteiger partial charge < -0.3 is 5.11 Å². The van der Waals surface area contributed by atoms with Gasteiger partial charge in [0.2, 0.25) is 0 Å². The lowest BCUT2D eigenvalue weighted by molar-refractivity contribution is 0.0350. The maximum atomic E-state index is 10.5. The molecule has 2 nitrogen and oxygen atoms in total. The van der Waals surface area contributed by atoms with E-state index in [4.69, 9.17) is 0 Å². The zero-order valence-corrected chi connectivity index (χ0v) is 15.6. The normalized spacial score (nSPS) is 13.2. The minimum atomic E-state index is -0.313. The first kappa shape index (κ1) is 20.2. The van der Waals surface area contributed by atoms with Gasteiger partial charge in [0.1, 0.15) is 5.69 Å². The zero-order chi connectivity index (χ0) is 17.0. The highest BCUT2D eigenvalue weighted by Gasteiger charge is 2.27. The molecule has 0 radical (unpaired) electrons. The van der Waals surface area contributed by atoms with E-state index >= 15 is 0 Å². The molecule has 1 aromatic rings. The van der Waals surface area contributed by atoms with E-state index in [-0.39, 0.29) is 6.23 Å². The fraction of sp³-hybridized carbons (Fsp3) is 0.714. The van der Waals surface area contributed by atoms with Crippen LogP contribution in [-0.4, -0.2) is 25.4 Å². The summed E-state index contributed by atoms with van der Waals surface area (Å²) >= 11 is 0. The molecule has 0 aliphatic carbocycles. The van der Waals surface area contributed by atoms with Gasteiger partial charge in [0, 0.05) is 6.42 Å². The minimum Gasteiger partial charge on any atom is -0.344 e. The van der Waals surface area contributed by atoms with Crippen LogP contribution in [0.15, 0.2) is 30.3 Å².